The van der Waals surface area contributed by atoms with E-state index in [0.29, 0.717) is 12.0 Å². The van der Waals surface area contributed by atoms with E-state index >= 15 is 0 Å². The summed E-state index contributed by atoms with van der Waals surface area (Å²) in [6, 6.07) is 8.82. The van der Waals surface area contributed by atoms with E-state index in [1.165, 1.54) is 5.56 Å². The summed E-state index contributed by atoms with van der Waals surface area (Å²) in [6.45, 7) is 13.7. The molecule has 0 radical (unpaired) electrons. The van der Waals surface area contributed by atoms with Gasteiger partial charge in [-0.15, -0.1) is 0 Å². The summed E-state index contributed by atoms with van der Waals surface area (Å²) in [5, 5.41) is 10.2. The van der Waals surface area contributed by atoms with Crippen molar-refractivity contribution in [1.82, 2.24) is 5.32 Å². The third kappa shape index (κ3) is 5.18. The first-order chi connectivity index (χ1) is 10.6. The third-order valence-corrected chi connectivity index (χ3v) is 4.71. The molecule has 1 aromatic carbocycles. The van der Waals surface area contributed by atoms with Gasteiger partial charge >= 0.3 is 0 Å². The van der Waals surface area contributed by atoms with Crippen LogP contribution in [0.15, 0.2) is 24.3 Å². The number of anilines is 1. The standard InChI is InChI=1S/C19H31N3S/c1-13(2)15-9-7-8-10-16(15)21-17(23)20-14-11-18(3,4)22-19(5,6)12-14/h7-10,13-14,22H,11-12H2,1-6H3,(H2,20,21,23)/p+1. The van der Waals surface area contributed by atoms with Gasteiger partial charge in [-0.3, -0.25) is 0 Å². The van der Waals surface area contributed by atoms with Gasteiger partial charge in [0.1, 0.15) is 0 Å². The average molecular weight is 335 g/mol. The summed E-state index contributed by atoms with van der Waals surface area (Å²) < 4.78 is 0. The van der Waals surface area contributed by atoms with Crippen LogP contribution in [-0.4, -0.2) is 22.2 Å². The van der Waals surface area contributed by atoms with Crippen LogP contribution in [0.5, 0.6) is 0 Å². The average Bonchev–Trinajstić information content (AvgIpc) is 2.34. The molecule has 0 spiro atoms. The molecule has 0 atom stereocenters. The Morgan fingerprint density at radius 1 is 1.13 bits per heavy atom. The molecule has 0 unspecified atom stereocenters. The van der Waals surface area contributed by atoms with Crippen molar-refractivity contribution in [3.8, 4) is 0 Å². The minimum Gasteiger partial charge on any atom is -0.359 e. The number of hydrogen-bond donors (Lipinski definition) is 3. The van der Waals surface area contributed by atoms with E-state index in [0.717, 1.165) is 23.6 Å². The van der Waals surface area contributed by atoms with E-state index in [1.54, 1.807) is 0 Å². The summed E-state index contributed by atoms with van der Waals surface area (Å²) in [6.07, 6.45) is 2.23. The van der Waals surface area contributed by atoms with E-state index < -0.39 is 0 Å². The highest BCUT2D eigenvalue weighted by Gasteiger charge is 2.41. The van der Waals surface area contributed by atoms with Crippen LogP contribution in [0.3, 0.4) is 0 Å². The molecule has 1 aliphatic heterocycles. The quantitative estimate of drug-likeness (QED) is 0.742. The Balaban J connectivity index is 2.03. The number of hydrogen-bond acceptors (Lipinski definition) is 1. The Kier molecular flexibility index (Phi) is 5.37. The lowest BCUT2D eigenvalue weighted by Crippen LogP contribution is -3.06. The van der Waals surface area contributed by atoms with Crippen molar-refractivity contribution in [3.63, 3.8) is 0 Å². The molecule has 128 valence electrons. The third-order valence-electron chi connectivity index (χ3n) is 4.49. The second kappa shape index (κ2) is 6.78. The molecule has 1 aromatic rings. The van der Waals surface area contributed by atoms with Gasteiger partial charge in [-0.25, -0.2) is 0 Å². The molecule has 4 heteroatoms. The first-order valence-corrected chi connectivity index (χ1v) is 9.02. The lowest BCUT2D eigenvalue weighted by molar-refractivity contribution is -0.787. The molecule has 0 bridgehead atoms. The van der Waals surface area contributed by atoms with Crippen molar-refractivity contribution in [2.24, 2.45) is 0 Å². The summed E-state index contributed by atoms with van der Waals surface area (Å²) in [5.41, 5.74) is 2.89. The Bertz CT molecular complexity index is 547. The molecule has 4 N–H and O–H groups in total. The second-order valence-corrected chi connectivity index (χ2v) is 8.98. The fraction of sp³-hybridized carbons (Fsp3) is 0.632. The van der Waals surface area contributed by atoms with Crippen molar-refractivity contribution >= 4 is 23.0 Å². The Morgan fingerprint density at radius 2 is 1.70 bits per heavy atom. The zero-order chi connectivity index (χ0) is 17.3. The zero-order valence-corrected chi connectivity index (χ0v) is 16.2. The number of piperidine rings is 1. The van der Waals surface area contributed by atoms with Crippen molar-refractivity contribution in [3.05, 3.63) is 29.8 Å². The minimum absolute atomic E-state index is 0.241. The highest BCUT2D eigenvalue weighted by Crippen LogP contribution is 2.24. The SMILES string of the molecule is CC(C)c1ccccc1NC(=S)NC1CC(C)(C)[NH2+]C(C)(C)C1. The van der Waals surface area contributed by atoms with E-state index in [4.69, 9.17) is 12.2 Å². The van der Waals surface area contributed by atoms with Gasteiger partial charge < -0.3 is 16.0 Å². The molecule has 0 aromatic heterocycles. The normalized spacial score (nSPS) is 20.3. The molecular weight excluding hydrogens is 302 g/mol. The highest BCUT2D eigenvalue weighted by molar-refractivity contribution is 7.80. The van der Waals surface area contributed by atoms with E-state index in [-0.39, 0.29) is 11.1 Å². The van der Waals surface area contributed by atoms with E-state index in [2.05, 4.69) is 81.8 Å². The molecule has 0 amide bonds. The van der Waals surface area contributed by atoms with Gasteiger partial charge in [0.2, 0.25) is 0 Å². The monoisotopic (exact) mass is 334 g/mol. The molecule has 0 aliphatic carbocycles. The van der Waals surface area contributed by atoms with Crippen LogP contribution >= 0.6 is 12.2 Å². The van der Waals surface area contributed by atoms with Gasteiger partial charge in [-0.05, 0) is 57.5 Å². The summed E-state index contributed by atoms with van der Waals surface area (Å²) >= 11 is 5.58. The highest BCUT2D eigenvalue weighted by atomic mass is 32.1. The Labute approximate surface area is 146 Å². The van der Waals surface area contributed by atoms with Crippen LogP contribution in [0.4, 0.5) is 5.69 Å². The largest absolute Gasteiger partial charge is 0.359 e. The van der Waals surface area contributed by atoms with E-state index in [1.807, 2.05) is 0 Å². The number of rotatable bonds is 3. The van der Waals surface area contributed by atoms with Crippen LogP contribution in [0.25, 0.3) is 0 Å². The maximum Gasteiger partial charge on any atom is 0.171 e. The molecule has 1 heterocycles. The van der Waals surface area contributed by atoms with Crippen molar-refractivity contribution < 1.29 is 5.32 Å². The minimum atomic E-state index is 0.241. The van der Waals surface area contributed by atoms with Crippen LogP contribution < -0.4 is 16.0 Å². The zero-order valence-electron chi connectivity index (χ0n) is 15.4. The van der Waals surface area contributed by atoms with Crippen molar-refractivity contribution in [1.29, 1.82) is 0 Å². The predicted molar refractivity (Wildman–Crippen MR) is 103 cm³/mol. The number of nitrogens with one attached hydrogen (secondary N) is 2. The Hall–Kier alpha value is -1.13. The molecule has 1 fully saturated rings. The summed E-state index contributed by atoms with van der Waals surface area (Å²) in [5.74, 6) is 0.476. The number of quaternary nitrogens is 1. The number of para-hydroxylation sites is 1. The van der Waals surface area contributed by atoms with Gasteiger partial charge in [-0.2, -0.15) is 0 Å². The molecule has 1 saturated heterocycles. The fourth-order valence-electron chi connectivity index (χ4n) is 4.08. The fourth-order valence-corrected chi connectivity index (χ4v) is 4.35. The second-order valence-electron chi connectivity index (χ2n) is 8.57. The van der Waals surface area contributed by atoms with Gasteiger partial charge in [-0.1, -0.05) is 32.0 Å². The van der Waals surface area contributed by atoms with Crippen molar-refractivity contribution in [2.45, 2.75) is 77.4 Å². The first-order valence-electron chi connectivity index (χ1n) is 8.61. The lowest BCUT2D eigenvalue weighted by Gasteiger charge is -2.43. The Morgan fingerprint density at radius 3 is 2.26 bits per heavy atom. The summed E-state index contributed by atoms with van der Waals surface area (Å²) in [7, 11) is 0. The van der Waals surface area contributed by atoms with Gasteiger partial charge in [0.05, 0.1) is 11.1 Å². The smallest absolute Gasteiger partial charge is 0.171 e. The lowest BCUT2D eigenvalue weighted by atomic mass is 9.80. The van der Waals surface area contributed by atoms with Gasteiger partial charge in [0, 0.05) is 24.6 Å². The van der Waals surface area contributed by atoms with Crippen LogP contribution in [-0.2, 0) is 0 Å². The van der Waals surface area contributed by atoms with E-state index in [9.17, 15) is 0 Å². The number of benzene rings is 1. The molecule has 23 heavy (non-hydrogen) atoms. The van der Waals surface area contributed by atoms with Gasteiger partial charge in [0.25, 0.3) is 0 Å². The molecule has 1 aliphatic rings. The number of nitrogens with two attached hydrogens (primary N) is 1. The predicted octanol–water partition coefficient (Wildman–Crippen LogP) is 3.38. The molecule has 2 rings (SSSR count). The maximum atomic E-state index is 5.58. The van der Waals surface area contributed by atoms with Crippen LogP contribution in [0.1, 0.15) is 65.9 Å². The van der Waals surface area contributed by atoms with Crippen LogP contribution in [0, 0.1) is 0 Å². The molecule has 3 nitrogen and oxygen atoms in total. The first kappa shape index (κ1) is 18.2. The van der Waals surface area contributed by atoms with Crippen molar-refractivity contribution in [2.75, 3.05) is 5.32 Å². The number of thiocarbonyl (C=S) groups is 1. The van der Waals surface area contributed by atoms with Gasteiger partial charge in [0.15, 0.2) is 5.11 Å². The molecular formula is C19H32N3S+. The topological polar surface area (TPSA) is 40.7 Å². The molecule has 0 saturated carbocycles. The summed E-state index contributed by atoms with van der Waals surface area (Å²) in [4.78, 5) is 0. The van der Waals surface area contributed by atoms with Crippen LogP contribution in [0.2, 0.25) is 0 Å². The maximum absolute atomic E-state index is 5.58.